The summed E-state index contributed by atoms with van der Waals surface area (Å²) in [6.07, 6.45) is 6.84. The van der Waals surface area contributed by atoms with E-state index < -0.39 is 0 Å². The molecule has 4 bridgehead atoms. The Morgan fingerprint density at radius 3 is 1.67 bits per heavy atom. The van der Waals surface area contributed by atoms with Gasteiger partial charge in [0.2, 0.25) is 0 Å². The maximum Gasteiger partial charge on any atom is 0.164 e. The summed E-state index contributed by atoms with van der Waals surface area (Å²) in [6.45, 7) is 0. The van der Waals surface area contributed by atoms with Gasteiger partial charge < -0.3 is 0 Å². The lowest BCUT2D eigenvalue weighted by Crippen LogP contribution is -2.55. The average Bonchev–Trinajstić information content (AvgIpc) is 3.54. The Hall–Kier alpha value is -5.93. The van der Waals surface area contributed by atoms with Gasteiger partial charge in [0.1, 0.15) is 0 Å². The minimum atomic E-state index is 0.0414. The van der Waals surface area contributed by atoms with Gasteiger partial charge in [-0.05, 0) is 111 Å². The van der Waals surface area contributed by atoms with Crippen LogP contribution in [-0.4, -0.2) is 15.0 Å². The zero-order chi connectivity index (χ0) is 35.4. The second kappa shape index (κ2) is 11.5. The Morgan fingerprint density at radius 1 is 0.370 bits per heavy atom. The first-order valence-electron chi connectivity index (χ1n) is 19.8. The van der Waals surface area contributed by atoms with E-state index in [-0.39, 0.29) is 5.41 Å². The maximum atomic E-state index is 5.45. The Labute approximate surface area is 315 Å². The van der Waals surface area contributed by atoms with E-state index in [2.05, 4.69) is 152 Å². The van der Waals surface area contributed by atoms with Gasteiger partial charge in [-0.2, -0.15) is 0 Å². The van der Waals surface area contributed by atoms with Crippen molar-refractivity contribution >= 4 is 21.5 Å². The van der Waals surface area contributed by atoms with Gasteiger partial charge >= 0.3 is 0 Å². The van der Waals surface area contributed by atoms with E-state index in [9.17, 15) is 0 Å². The Morgan fingerprint density at radius 2 is 0.907 bits per heavy atom. The van der Waals surface area contributed by atoms with Gasteiger partial charge in [0.05, 0.1) is 0 Å². The fourth-order valence-electron chi connectivity index (χ4n) is 11.8. The second-order valence-electron chi connectivity index (χ2n) is 16.4. The normalized spacial score (nSPS) is 23.3. The molecule has 13 rings (SSSR count). The number of hydrogen-bond donors (Lipinski definition) is 0. The number of nitrogens with zero attached hydrogens (tertiary/aromatic N) is 3. The SMILES string of the molecule is c1ccc(-c2ccc(-c3nc(-c4cccc5c4-c4c(ccc6ccccc46)C54C5CC6CC(C5)CC4C6)nc(-c4cccc5ccccc45)n3)cc2)cc1. The summed E-state index contributed by atoms with van der Waals surface area (Å²) >= 11 is 0. The second-order valence-corrected chi connectivity index (χ2v) is 16.4. The number of benzene rings is 7. The van der Waals surface area contributed by atoms with E-state index in [1.807, 2.05) is 0 Å². The third-order valence-electron chi connectivity index (χ3n) is 13.7. The van der Waals surface area contributed by atoms with Gasteiger partial charge in [-0.25, -0.2) is 15.0 Å². The van der Waals surface area contributed by atoms with Crippen molar-refractivity contribution in [3.63, 3.8) is 0 Å². The van der Waals surface area contributed by atoms with Crippen LogP contribution in [0.1, 0.15) is 43.2 Å². The Kier molecular flexibility index (Phi) is 6.52. The molecule has 8 aromatic rings. The van der Waals surface area contributed by atoms with Crippen LogP contribution in [0.25, 0.3) is 78.0 Å². The van der Waals surface area contributed by atoms with Gasteiger partial charge in [-0.1, -0.05) is 152 Å². The highest BCUT2D eigenvalue weighted by Gasteiger charge is 2.62. The quantitative estimate of drug-likeness (QED) is 0.184. The molecule has 0 atom stereocenters. The van der Waals surface area contributed by atoms with Crippen molar-refractivity contribution in [3.05, 3.63) is 163 Å². The molecule has 0 unspecified atom stereocenters. The highest BCUT2D eigenvalue weighted by molar-refractivity contribution is 6.06. The molecule has 3 heteroatoms. The van der Waals surface area contributed by atoms with Crippen LogP contribution >= 0.6 is 0 Å². The molecule has 3 nitrogen and oxygen atoms in total. The van der Waals surface area contributed by atoms with Gasteiger partial charge in [0.25, 0.3) is 0 Å². The first-order valence-corrected chi connectivity index (χ1v) is 19.8. The summed E-state index contributed by atoms with van der Waals surface area (Å²) in [5.74, 6) is 5.26. The van der Waals surface area contributed by atoms with Crippen LogP contribution in [0.3, 0.4) is 0 Å². The first kappa shape index (κ1) is 30.5. The lowest BCUT2D eigenvalue weighted by Gasteiger charge is -2.61. The van der Waals surface area contributed by atoms with Crippen molar-refractivity contribution in [2.24, 2.45) is 23.7 Å². The van der Waals surface area contributed by atoms with Crippen LogP contribution < -0.4 is 0 Å². The summed E-state index contributed by atoms with van der Waals surface area (Å²) in [6, 6.07) is 55.2. The molecule has 1 heterocycles. The molecule has 0 amide bonds. The monoisotopic (exact) mass is 693 g/mol. The third kappa shape index (κ3) is 4.33. The molecule has 0 N–H and O–H groups in total. The summed E-state index contributed by atoms with van der Waals surface area (Å²) in [7, 11) is 0. The third-order valence-corrected chi connectivity index (χ3v) is 13.7. The van der Waals surface area contributed by atoms with E-state index in [1.54, 1.807) is 5.56 Å². The van der Waals surface area contributed by atoms with Crippen molar-refractivity contribution in [3.8, 4) is 56.4 Å². The minimum absolute atomic E-state index is 0.0414. The van der Waals surface area contributed by atoms with E-state index in [4.69, 9.17) is 15.0 Å². The fourth-order valence-corrected chi connectivity index (χ4v) is 11.8. The molecule has 54 heavy (non-hydrogen) atoms. The average molecular weight is 694 g/mol. The molecule has 5 aliphatic carbocycles. The summed E-state index contributed by atoms with van der Waals surface area (Å²) < 4.78 is 0. The van der Waals surface area contributed by atoms with Crippen molar-refractivity contribution in [2.45, 2.75) is 37.5 Å². The maximum absolute atomic E-state index is 5.45. The molecule has 7 aromatic carbocycles. The molecule has 258 valence electrons. The lowest BCUT2D eigenvalue weighted by molar-refractivity contribution is -0.0399. The van der Waals surface area contributed by atoms with Crippen molar-refractivity contribution in [1.29, 1.82) is 0 Å². The van der Waals surface area contributed by atoms with E-state index in [0.717, 1.165) is 39.7 Å². The zero-order valence-corrected chi connectivity index (χ0v) is 30.1. The molecule has 0 aliphatic heterocycles. The van der Waals surface area contributed by atoms with Crippen molar-refractivity contribution < 1.29 is 0 Å². The van der Waals surface area contributed by atoms with E-state index in [1.165, 1.54) is 76.1 Å². The molecule has 4 fully saturated rings. The number of aromatic nitrogens is 3. The molecular weight excluding hydrogens is 655 g/mol. The molecule has 1 spiro atoms. The van der Waals surface area contributed by atoms with E-state index >= 15 is 0 Å². The van der Waals surface area contributed by atoms with Gasteiger partial charge in [0.15, 0.2) is 17.5 Å². The summed E-state index contributed by atoms with van der Waals surface area (Å²) in [4.78, 5) is 16.1. The summed E-state index contributed by atoms with van der Waals surface area (Å²) in [5.41, 5.74) is 11.4. The summed E-state index contributed by atoms with van der Waals surface area (Å²) in [5, 5.41) is 4.96. The molecule has 0 saturated heterocycles. The standard InChI is InChI=1S/C51H39N3/c1-2-10-33(11-3-1)34-20-22-37(23-21-34)48-52-49(42-17-8-14-35-12-4-6-15-40(35)42)54-50(53-48)43-18-9-19-44-47(43)46-41-16-7-5-13-36(41)24-25-45(46)51(44)38-27-31-26-32(29-38)30-39(51)28-31/h1-25,31-32,38-39H,26-30H2. The number of hydrogen-bond acceptors (Lipinski definition) is 3. The first-order chi connectivity index (χ1) is 26.7. The van der Waals surface area contributed by atoms with Crippen LogP contribution in [0.4, 0.5) is 0 Å². The predicted molar refractivity (Wildman–Crippen MR) is 220 cm³/mol. The highest BCUT2D eigenvalue weighted by Crippen LogP contribution is 2.70. The Bertz CT molecular complexity index is 2750. The van der Waals surface area contributed by atoms with Crippen LogP contribution in [0.5, 0.6) is 0 Å². The van der Waals surface area contributed by atoms with Crippen molar-refractivity contribution in [1.82, 2.24) is 15.0 Å². The van der Waals surface area contributed by atoms with Gasteiger partial charge in [-0.15, -0.1) is 0 Å². The van der Waals surface area contributed by atoms with Gasteiger partial charge in [0, 0.05) is 22.1 Å². The Balaban J connectivity index is 1.12. The lowest BCUT2D eigenvalue weighted by atomic mass is 9.43. The zero-order valence-electron chi connectivity index (χ0n) is 30.1. The molecule has 0 radical (unpaired) electrons. The number of fused-ring (bicyclic) bond motifs is 6. The van der Waals surface area contributed by atoms with Gasteiger partial charge in [-0.3, -0.25) is 0 Å². The molecule has 1 aromatic heterocycles. The van der Waals surface area contributed by atoms with Crippen LogP contribution in [0.15, 0.2) is 152 Å². The van der Waals surface area contributed by atoms with Crippen LogP contribution in [0.2, 0.25) is 0 Å². The predicted octanol–water partition coefficient (Wildman–Crippen LogP) is 12.6. The fraction of sp³-hybridized carbons (Fsp3) is 0.196. The highest BCUT2D eigenvalue weighted by atomic mass is 15.0. The smallest absolute Gasteiger partial charge is 0.164 e. The molecular formula is C51H39N3. The number of rotatable bonds is 4. The minimum Gasteiger partial charge on any atom is -0.208 e. The van der Waals surface area contributed by atoms with E-state index in [0.29, 0.717) is 23.5 Å². The molecule has 5 aliphatic rings. The van der Waals surface area contributed by atoms with Crippen molar-refractivity contribution in [2.75, 3.05) is 0 Å². The van der Waals surface area contributed by atoms with Crippen LogP contribution in [-0.2, 0) is 5.41 Å². The topological polar surface area (TPSA) is 38.7 Å². The van der Waals surface area contributed by atoms with Crippen LogP contribution in [0, 0.1) is 23.7 Å². The molecule has 4 saturated carbocycles. The largest absolute Gasteiger partial charge is 0.208 e.